The molecule has 0 saturated carbocycles. The van der Waals surface area contributed by atoms with E-state index in [1.165, 1.54) is 0 Å². The zero-order valence-electron chi connectivity index (χ0n) is 8.13. The second kappa shape index (κ2) is 5.66. The number of halogens is 1. The average Bonchev–Trinajstić information content (AvgIpc) is 2.26. The minimum Gasteiger partial charge on any atom is -0.497 e. The Bertz CT molecular complexity index is 310. The van der Waals surface area contributed by atoms with Gasteiger partial charge in [-0.25, -0.2) is 0 Å². The molecule has 1 rings (SSSR count). The second-order valence-corrected chi connectivity index (χ2v) is 3.33. The van der Waals surface area contributed by atoms with Crippen molar-refractivity contribution in [2.45, 2.75) is 12.8 Å². The third-order valence-corrected chi connectivity index (χ3v) is 2.20. The molecule has 1 aromatic rings. The van der Waals surface area contributed by atoms with Crippen molar-refractivity contribution in [1.82, 2.24) is 0 Å². The molecule has 0 aliphatic heterocycles. The molecule has 0 aromatic heterocycles. The van der Waals surface area contributed by atoms with Crippen LogP contribution in [0.5, 0.6) is 5.75 Å². The molecule has 0 heterocycles. The highest BCUT2D eigenvalue weighted by Crippen LogP contribution is 2.14. The molecular formula is C11H13ClO2. The number of carbonyl (C=O) groups excluding carboxylic acids is 1. The van der Waals surface area contributed by atoms with Crippen LogP contribution in [0.3, 0.4) is 0 Å². The summed E-state index contributed by atoms with van der Waals surface area (Å²) in [6.45, 7) is 0. The molecule has 1 aromatic carbocycles. The molecular weight excluding hydrogens is 200 g/mol. The normalized spacial score (nSPS) is 9.86. The Morgan fingerprint density at radius 1 is 1.50 bits per heavy atom. The molecule has 0 N–H and O–H groups in total. The monoisotopic (exact) mass is 212 g/mol. The Hall–Kier alpha value is -1.02. The summed E-state index contributed by atoms with van der Waals surface area (Å²) >= 11 is 5.51. The lowest BCUT2D eigenvalue weighted by atomic mass is 10.1. The van der Waals surface area contributed by atoms with Crippen molar-refractivity contribution >= 4 is 17.4 Å². The first kappa shape index (κ1) is 11.1. The minimum atomic E-state index is 0.115. The van der Waals surface area contributed by atoms with Gasteiger partial charge in [0, 0.05) is 17.9 Å². The first-order valence-corrected chi connectivity index (χ1v) is 5.04. The Kier molecular flexibility index (Phi) is 4.47. The van der Waals surface area contributed by atoms with Gasteiger partial charge < -0.3 is 4.74 Å². The zero-order valence-corrected chi connectivity index (χ0v) is 8.88. The lowest BCUT2D eigenvalue weighted by molar-refractivity contribution is 0.0981. The van der Waals surface area contributed by atoms with Crippen molar-refractivity contribution in [2.24, 2.45) is 0 Å². The van der Waals surface area contributed by atoms with Crippen molar-refractivity contribution in [2.75, 3.05) is 13.0 Å². The van der Waals surface area contributed by atoms with Gasteiger partial charge in [-0.1, -0.05) is 12.1 Å². The Balaban J connectivity index is 2.69. The summed E-state index contributed by atoms with van der Waals surface area (Å²) in [6, 6.07) is 7.17. The van der Waals surface area contributed by atoms with Crippen LogP contribution in [-0.4, -0.2) is 18.8 Å². The maximum atomic E-state index is 11.6. The highest BCUT2D eigenvalue weighted by atomic mass is 35.5. The minimum absolute atomic E-state index is 0.115. The zero-order chi connectivity index (χ0) is 10.4. The molecule has 0 aliphatic rings. The van der Waals surface area contributed by atoms with Crippen LogP contribution in [0, 0.1) is 0 Å². The second-order valence-electron chi connectivity index (χ2n) is 2.95. The summed E-state index contributed by atoms with van der Waals surface area (Å²) in [7, 11) is 1.59. The molecule has 2 nitrogen and oxygen atoms in total. The van der Waals surface area contributed by atoms with Gasteiger partial charge in [0.25, 0.3) is 0 Å². The fourth-order valence-electron chi connectivity index (χ4n) is 1.17. The van der Waals surface area contributed by atoms with Crippen molar-refractivity contribution in [3.63, 3.8) is 0 Å². The first-order chi connectivity index (χ1) is 6.77. The number of alkyl halides is 1. The molecule has 0 bridgehead atoms. The van der Waals surface area contributed by atoms with Crippen molar-refractivity contribution in [1.29, 1.82) is 0 Å². The van der Waals surface area contributed by atoms with E-state index in [0.717, 1.165) is 6.42 Å². The maximum Gasteiger partial charge on any atom is 0.163 e. The van der Waals surface area contributed by atoms with E-state index in [4.69, 9.17) is 16.3 Å². The van der Waals surface area contributed by atoms with E-state index in [0.29, 0.717) is 23.6 Å². The number of methoxy groups -OCH3 is 1. The molecule has 0 atom stereocenters. The van der Waals surface area contributed by atoms with E-state index >= 15 is 0 Å². The largest absolute Gasteiger partial charge is 0.497 e. The smallest absolute Gasteiger partial charge is 0.163 e. The fraction of sp³-hybridized carbons (Fsp3) is 0.364. The van der Waals surface area contributed by atoms with Gasteiger partial charge >= 0.3 is 0 Å². The number of ketones is 1. The van der Waals surface area contributed by atoms with E-state index in [9.17, 15) is 4.79 Å². The number of Topliss-reactive ketones (excluding diaryl/α,β-unsaturated/α-hetero) is 1. The van der Waals surface area contributed by atoms with E-state index in [-0.39, 0.29) is 5.78 Å². The standard InChI is InChI=1S/C11H13ClO2/c1-14-10-5-2-4-9(8-10)11(13)6-3-7-12/h2,4-5,8H,3,6-7H2,1H3. The van der Waals surface area contributed by atoms with Crippen LogP contribution in [-0.2, 0) is 0 Å². The van der Waals surface area contributed by atoms with Crippen LogP contribution >= 0.6 is 11.6 Å². The van der Waals surface area contributed by atoms with Gasteiger partial charge in [-0.15, -0.1) is 11.6 Å². The number of ether oxygens (including phenoxy) is 1. The van der Waals surface area contributed by atoms with Gasteiger partial charge in [0.1, 0.15) is 5.75 Å². The maximum absolute atomic E-state index is 11.6. The summed E-state index contributed by atoms with van der Waals surface area (Å²) < 4.78 is 5.03. The molecule has 0 saturated heterocycles. The van der Waals surface area contributed by atoms with Crippen LogP contribution in [0.15, 0.2) is 24.3 Å². The molecule has 0 amide bonds. The van der Waals surface area contributed by atoms with Crippen molar-refractivity contribution in [3.05, 3.63) is 29.8 Å². The number of carbonyl (C=O) groups is 1. The van der Waals surface area contributed by atoms with E-state index < -0.39 is 0 Å². The quantitative estimate of drug-likeness (QED) is 0.554. The van der Waals surface area contributed by atoms with Crippen LogP contribution in [0.25, 0.3) is 0 Å². The van der Waals surface area contributed by atoms with Gasteiger partial charge in [-0.2, -0.15) is 0 Å². The average molecular weight is 213 g/mol. The van der Waals surface area contributed by atoms with E-state index in [2.05, 4.69) is 0 Å². The molecule has 0 fully saturated rings. The highest BCUT2D eigenvalue weighted by Gasteiger charge is 2.05. The Morgan fingerprint density at radius 3 is 2.93 bits per heavy atom. The topological polar surface area (TPSA) is 26.3 Å². The van der Waals surface area contributed by atoms with Crippen LogP contribution in [0.1, 0.15) is 23.2 Å². The Labute approximate surface area is 88.8 Å². The summed E-state index contributed by atoms with van der Waals surface area (Å²) in [5, 5.41) is 0. The summed E-state index contributed by atoms with van der Waals surface area (Å²) in [6.07, 6.45) is 1.22. The molecule has 0 unspecified atom stereocenters. The predicted molar refractivity (Wildman–Crippen MR) is 57.3 cm³/mol. The molecule has 76 valence electrons. The fourth-order valence-corrected chi connectivity index (χ4v) is 1.30. The highest BCUT2D eigenvalue weighted by molar-refractivity contribution is 6.18. The lowest BCUT2D eigenvalue weighted by Gasteiger charge is -2.02. The van der Waals surface area contributed by atoms with E-state index in [1.54, 1.807) is 19.2 Å². The third kappa shape index (κ3) is 3.04. The van der Waals surface area contributed by atoms with Gasteiger partial charge in [0.05, 0.1) is 7.11 Å². The third-order valence-electron chi connectivity index (χ3n) is 1.93. The van der Waals surface area contributed by atoms with Crippen molar-refractivity contribution in [3.8, 4) is 5.75 Å². The predicted octanol–water partition coefficient (Wildman–Crippen LogP) is 2.90. The van der Waals surface area contributed by atoms with E-state index in [1.807, 2.05) is 12.1 Å². The molecule has 3 heteroatoms. The Morgan fingerprint density at radius 2 is 2.29 bits per heavy atom. The molecule has 0 spiro atoms. The molecule has 14 heavy (non-hydrogen) atoms. The lowest BCUT2D eigenvalue weighted by Crippen LogP contribution is -1.99. The van der Waals surface area contributed by atoms with Gasteiger partial charge in [-0.05, 0) is 18.6 Å². The van der Waals surface area contributed by atoms with Gasteiger partial charge in [0.15, 0.2) is 5.78 Å². The number of rotatable bonds is 5. The van der Waals surface area contributed by atoms with Gasteiger partial charge in [0.2, 0.25) is 0 Å². The molecule has 0 aliphatic carbocycles. The SMILES string of the molecule is COc1cccc(C(=O)CCCCl)c1. The van der Waals surface area contributed by atoms with Crippen LogP contribution in [0.4, 0.5) is 0 Å². The van der Waals surface area contributed by atoms with Crippen LogP contribution in [0.2, 0.25) is 0 Å². The summed E-state index contributed by atoms with van der Waals surface area (Å²) in [5.74, 6) is 1.35. The number of hydrogen-bond donors (Lipinski definition) is 0. The van der Waals surface area contributed by atoms with Crippen LogP contribution < -0.4 is 4.74 Å². The summed E-state index contributed by atoms with van der Waals surface area (Å²) in [5.41, 5.74) is 0.689. The van der Waals surface area contributed by atoms with Crippen molar-refractivity contribution < 1.29 is 9.53 Å². The molecule has 0 radical (unpaired) electrons. The number of benzene rings is 1. The summed E-state index contributed by atoms with van der Waals surface area (Å²) in [4.78, 5) is 11.6. The number of hydrogen-bond acceptors (Lipinski definition) is 2. The first-order valence-electron chi connectivity index (χ1n) is 4.51. The van der Waals surface area contributed by atoms with Gasteiger partial charge in [-0.3, -0.25) is 4.79 Å².